The molecule has 0 saturated carbocycles. The molecule has 0 atom stereocenters. The van der Waals surface area contributed by atoms with Crippen LogP contribution in [0.3, 0.4) is 0 Å². The van der Waals surface area contributed by atoms with Crippen LogP contribution in [0.1, 0.15) is 17.2 Å². The van der Waals surface area contributed by atoms with E-state index in [0.29, 0.717) is 5.82 Å². The van der Waals surface area contributed by atoms with Crippen molar-refractivity contribution in [2.24, 2.45) is 5.73 Å². The van der Waals surface area contributed by atoms with Crippen LogP contribution in [0.5, 0.6) is 0 Å². The van der Waals surface area contributed by atoms with Crippen LogP contribution < -0.4 is 11.1 Å². The predicted molar refractivity (Wildman–Crippen MR) is 57.7 cm³/mol. The lowest BCUT2D eigenvalue weighted by Gasteiger charge is -2.05. The minimum absolute atomic E-state index is 0.282. The SMILES string of the molecule is CNC(=O)C(=CN)c1nc(C)cc(C)n1. The van der Waals surface area contributed by atoms with E-state index in [-0.39, 0.29) is 11.5 Å². The van der Waals surface area contributed by atoms with Gasteiger partial charge >= 0.3 is 0 Å². The third-order valence-corrected chi connectivity index (χ3v) is 1.86. The molecule has 0 aliphatic rings. The van der Waals surface area contributed by atoms with Crippen molar-refractivity contribution in [2.45, 2.75) is 13.8 Å². The van der Waals surface area contributed by atoms with Crippen LogP contribution in [0.25, 0.3) is 5.57 Å². The summed E-state index contributed by atoms with van der Waals surface area (Å²) in [7, 11) is 1.54. The van der Waals surface area contributed by atoms with Gasteiger partial charge in [-0.3, -0.25) is 4.79 Å². The molecule has 0 fully saturated rings. The van der Waals surface area contributed by atoms with Crippen molar-refractivity contribution in [3.8, 4) is 0 Å². The number of aryl methyl sites for hydroxylation is 2. The second-order valence-electron chi connectivity index (χ2n) is 3.13. The molecule has 5 heteroatoms. The van der Waals surface area contributed by atoms with E-state index in [4.69, 9.17) is 5.73 Å². The van der Waals surface area contributed by atoms with Gasteiger partial charge in [-0.2, -0.15) is 0 Å². The van der Waals surface area contributed by atoms with E-state index < -0.39 is 0 Å². The number of nitrogens with one attached hydrogen (secondary N) is 1. The average molecular weight is 206 g/mol. The smallest absolute Gasteiger partial charge is 0.256 e. The standard InChI is InChI=1S/C10H14N4O/c1-6-4-7(2)14-9(13-6)8(5-11)10(15)12-3/h4-5H,11H2,1-3H3,(H,12,15). The minimum Gasteiger partial charge on any atom is -0.404 e. The highest BCUT2D eigenvalue weighted by molar-refractivity contribution is 6.18. The van der Waals surface area contributed by atoms with Crippen molar-refractivity contribution in [3.05, 3.63) is 29.5 Å². The topological polar surface area (TPSA) is 80.9 Å². The van der Waals surface area contributed by atoms with Gasteiger partial charge in [-0.1, -0.05) is 0 Å². The third kappa shape index (κ3) is 2.52. The van der Waals surface area contributed by atoms with Gasteiger partial charge in [-0.25, -0.2) is 9.97 Å². The third-order valence-electron chi connectivity index (χ3n) is 1.86. The highest BCUT2D eigenvalue weighted by Gasteiger charge is 2.13. The Kier molecular flexibility index (Phi) is 3.38. The highest BCUT2D eigenvalue weighted by atomic mass is 16.1. The van der Waals surface area contributed by atoms with Gasteiger partial charge in [-0.15, -0.1) is 0 Å². The van der Waals surface area contributed by atoms with Crippen LogP contribution in [0.2, 0.25) is 0 Å². The van der Waals surface area contributed by atoms with Gasteiger partial charge in [0.25, 0.3) is 5.91 Å². The molecule has 0 aliphatic carbocycles. The summed E-state index contributed by atoms with van der Waals surface area (Å²) in [5.41, 5.74) is 7.27. The van der Waals surface area contributed by atoms with Gasteiger partial charge < -0.3 is 11.1 Å². The highest BCUT2D eigenvalue weighted by Crippen LogP contribution is 2.09. The lowest BCUT2D eigenvalue weighted by Crippen LogP contribution is -2.21. The zero-order valence-corrected chi connectivity index (χ0v) is 9.03. The molecule has 1 heterocycles. The minimum atomic E-state index is -0.289. The quantitative estimate of drug-likeness (QED) is 0.674. The molecule has 5 nitrogen and oxygen atoms in total. The average Bonchev–Trinajstić information content (AvgIpc) is 2.17. The van der Waals surface area contributed by atoms with Gasteiger partial charge in [0.2, 0.25) is 0 Å². The molecule has 0 bridgehead atoms. The maximum atomic E-state index is 11.4. The van der Waals surface area contributed by atoms with E-state index in [1.807, 2.05) is 19.9 Å². The summed E-state index contributed by atoms with van der Waals surface area (Å²) in [6, 6.07) is 1.83. The van der Waals surface area contributed by atoms with Crippen LogP contribution in [0, 0.1) is 13.8 Å². The number of nitrogens with two attached hydrogens (primary N) is 1. The number of hydrogen-bond acceptors (Lipinski definition) is 4. The molecule has 15 heavy (non-hydrogen) atoms. The molecule has 1 aromatic heterocycles. The summed E-state index contributed by atoms with van der Waals surface area (Å²) in [6.45, 7) is 3.69. The number of likely N-dealkylation sites (N-methyl/N-ethyl adjacent to an activating group) is 1. The zero-order valence-electron chi connectivity index (χ0n) is 9.03. The van der Waals surface area contributed by atoms with E-state index in [1.165, 1.54) is 13.2 Å². The first-order valence-electron chi connectivity index (χ1n) is 4.55. The molecule has 0 radical (unpaired) electrons. The maximum Gasteiger partial charge on any atom is 0.256 e. The maximum absolute atomic E-state index is 11.4. The zero-order chi connectivity index (χ0) is 11.4. The molecule has 0 spiro atoms. The lowest BCUT2D eigenvalue weighted by atomic mass is 10.2. The first-order chi connectivity index (χ1) is 7.08. The number of nitrogens with zero attached hydrogens (tertiary/aromatic N) is 2. The first-order valence-corrected chi connectivity index (χ1v) is 4.55. The van der Waals surface area contributed by atoms with Gasteiger partial charge in [0.05, 0.1) is 5.57 Å². The van der Waals surface area contributed by atoms with Crippen LogP contribution in [0.15, 0.2) is 12.3 Å². The van der Waals surface area contributed by atoms with Crippen LogP contribution in [0.4, 0.5) is 0 Å². The van der Waals surface area contributed by atoms with Gasteiger partial charge in [0.15, 0.2) is 5.82 Å². The Morgan fingerprint density at radius 1 is 1.40 bits per heavy atom. The fourth-order valence-corrected chi connectivity index (χ4v) is 1.23. The van der Waals surface area contributed by atoms with E-state index in [0.717, 1.165) is 11.4 Å². The van der Waals surface area contributed by atoms with Crippen molar-refractivity contribution in [1.29, 1.82) is 0 Å². The fourth-order valence-electron chi connectivity index (χ4n) is 1.23. The van der Waals surface area contributed by atoms with Gasteiger partial charge in [0.1, 0.15) is 0 Å². The molecule has 0 unspecified atom stereocenters. The van der Waals surface area contributed by atoms with E-state index >= 15 is 0 Å². The number of carbonyl (C=O) groups excluding carboxylic acids is 1. The fraction of sp³-hybridized carbons (Fsp3) is 0.300. The number of carbonyl (C=O) groups is 1. The Balaban J connectivity index is 3.19. The van der Waals surface area contributed by atoms with Crippen LogP contribution in [-0.2, 0) is 4.79 Å². The molecule has 0 aromatic carbocycles. The molecule has 1 rings (SSSR count). The number of rotatable bonds is 2. The summed E-state index contributed by atoms with van der Waals surface area (Å²) >= 11 is 0. The molecule has 1 amide bonds. The second-order valence-corrected chi connectivity index (χ2v) is 3.13. The first kappa shape index (κ1) is 11.2. The Hall–Kier alpha value is -1.91. The molecular formula is C10H14N4O. The molecule has 0 aliphatic heterocycles. The van der Waals surface area contributed by atoms with Gasteiger partial charge in [-0.05, 0) is 19.9 Å². The summed E-state index contributed by atoms with van der Waals surface area (Å²) in [5, 5.41) is 2.49. The predicted octanol–water partition coefficient (Wildman–Crippen LogP) is 0.139. The molecule has 1 aromatic rings. The largest absolute Gasteiger partial charge is 0.404 e. The van der Waals surface area contributed by atoms with Gasteiger partial charge in [0, 0.05) is 24.6 Å². The Labute approximate surface area is 88.4 Å². The summed E-state index contributed by atoms with van der Waals surface area (Å²) < 4.78 is 0. The van der Waals surface area contributed by atoms with E-state index in [1.54, 1.807) is 0 Å². The van der Waals surface area contributed by atoms with Crippen molar-refractivity contribution in [3.63, 3.8) is 0 Å². The summed E-state index contributed by atoms with van der Waals surface area (Å²) in [4.78, 5) is 19.7. The van der Waals surface area contributed by atoms with Crippen molar-refractivity contribution >= 4 is 11.5 Å². The van der Waals surface area contributed by atoms with Crippen molar-refractivity contribution < 1.29 is 4.79 Å². The monoisotopic (exact) mass is 206 g/mol. The number of amides is 1. The molecule has 80 valence electrons. The normalized spacial score (nSPS) is 11.3. The van der Waals surface area contributed by atoms with Crippen molar-refractivity contribution in [1.82, 2.24) is 15.3 Å². The van der Waals surface area contributed by atoms with Crippen molar-refractivity contribution in [2.75, 3.05) is 7.05 Å². The van der Waals surface area contributed by atoms with E-state index in [2.05, 4.69) is 15.3 Å². The number of aromatic nitrogens is 2. The molecule has 0 saturated heterocycles. The Morgan fingerprint density at radius 2 is 1.93 bits per heavy atom. The molecule has 3 N–H and O–H groups in total. The van der Waals surface area contributed by atoms with E-state index in [9.17, 15) is 4.79 Å². The van der Waals surface area contributed by atoms with Crippen LogP contribution in [-0.4, -0.2) is 22.9 Å². The summed E-state index contributed by atoms with van der Waals surface area (Å²) in [5.74, 6) is 0.0665. The van der Waals surface area contributed by atoms with Crippen LogP contribution >= 0.6 is 0 Å². The number of hydrogen-bond donors (Lipinski definition) is 2. The lowest BCUT2D eigenvalue weighted by molar-refractivity contribution is -0.115. The Morgan fingerprint density at radius 3 is 2.33 bits per heavy atom. The molecular weight excluding hydrogens is 192 g/mol. The summed E-state index contributed by atoms with van der Waals surface area (Å²) in [6.07, 6.45) is 1.22. The second kappa shape index (κ2) is 4.54. The Bertz CT molecular complexity index is 392.